The summed E-state index contributed by atoms with van der Waals surface area (Å²) in [7, 11) is 1.71. The van der Waals surface area contributed by atoms with Crippen molar-refractivity contribution in [3.8, 4) is 6.19 Å². The number of aliphatic imine (C=N–C) groups is 1. The number of rotatable bonds is 5. The average molecular weight is 300 g/mol. The van der Waals surface area contributed by atoms with Crippen LogP contribution in [0.3, 0.4) is 0 Å². The number of imidazole rings is 1. The summed E-state index contributed by atoms with van der Waals surface area (Å²) < 4.78 is 0.885. The van der Waals surface area contributed by atoms with Crippen LogP contribution in [-0.2, 0) is 6.54 Å². The largest absolute Gasteiger partial charge is 0.359 e. The van der Waals surface area contributed by atoms with Gasteiger partial charge in [0.05, 0.1) is 18.6 Å². The normalized spacial score (nSPS) is 11.0. The highest BCUT2D eigenvalue weighted by Crippen LogP contribution is 2.09. The van der Waals surface area contributed by atoms with Gasteiger partial charge in [-0.15, -0.1) is 0 Å². The molecule has 92 valence electrons. The van der Waals surface area contributed by atoms with Gasteiger partial charge in [-0.05, 0) is 15.9 Å². The van der Waals surface area contributed by atoms with Crippen LogP contribution < -0.4 is 16.0 Å². The zero-order valence-corrected chi connectivity index (χ0v) is 11.0. The molecule has 8 heteroatoms. The highest BCUT2D eigenvalue weighted by molar-refractivity contribution is 9.10. The first-order valence-electron chi connectivity index (χ1n) is 5.03. The monoisotopic (exact) mass is 299 g/mol. The molecule has 17 heavy (non-hydrogen) atoms. The van der Waals surface area contributed by atoms with Crippen LogP contribution in [-0.4, -0.2) is 36.1 Å². The van der Waals surface area contributed by atoms with E-state index in [1.165, 1.54) is 0 Å². The minimum absolute atomic E-state index is 0.468. The van der Waals surface area contributed by atoms with Gasteiger partial charge >= 0.3 is 0 Å². The van der Waals surface area contributed by atoms with Crippen molar-refractivity contribution >= 4 is 21.9 Å². The van der Waals surface area contributed by atoms with Crippen LogP contribution in [0.25, 0.3) is 0 Å². The van der Waals surface area contributed by atoms with Gasteiger partial charge < -0.3 is 15.6 Å². The molecule has 0 unspecified atom stereocenters. The third-order valence-electron chi connectivity index (χ3n) is 1.93. The lowest BCUT2D eigenvalue weighted by Gasteiger charge is -2.03. The SMILES string of the molecule is CNC(=NCCNCc1nc[nH]c1Br)NC#N. The highest BCUT2D eigenvalue weighted by Gasteiger charge is 2.00. The van der Waals surface area contributed by atoms with Gasteiger partial charge in [-0.3, -0.25) is 10.3 Å². The van der Waals surface area contributed by atoms with Gasteiger partial charge in [-0.1, -0.05) is 0 Å². The number of H-pyrrole nitrogens is 1. The van der Waals surface area contributed by atoms with Crippen molar-refractivity contribution in [2.24, 2.45) is 4.99 Å². The second-order valence-corrected chi connectivity index (χ2v) is 3.85. The number of guanidine groups is 1. The van der Waals surface area contributed by atoms with E-state index < -0.39 is 0 Å². The maximum atomic E-state index is 8.41. The van der Waals surface area contributed by atoms with Crippen molar-refractivity contribution in [3.05, 3.63) is 16.6 Å². The molecule has 0 aliphatic carbocycles. The Bertz CT molecular complexity index is 406. The molecule has 0 aliphatic rings. The number of aromatic nitrogens is 2. The lowest BCUT2D eigenvalue weighted by atomic mass is 10.4. The molecule has 0 atom stereocenters. The second-order valence-electron chi connectivity index (χ2n) is 3.06. The van der Waals surface area contributed by atoms with Crippen molar-refractivity contribution in [1.29, 1.82) is 5.26 Å². The number of nitrogens with one attached hydrogen (secondary N) is 4. The number of nitriles is 1. The van der Waals surface area contributed by atoms with Crippen LogP contribution in [0.15, 0.2) is 15.9 Å². The summed E-state index contributed by atoms with van der Waals surface area (Å²) in [5, 5.41) is 16.8. The van der Waals surface area contributed by atoms with E-state index in [2.05, 4.69) is 46.8 Å². The average Bonchev–Trinajstić information content (AvgIpc) is 2.73. The standard InChI is InChI=1S/C9H14BrN7/c1-12-9(15-5-11)14-3-2-13-4-7-8(10)17-6-16-7/h6,13H,2-4H2,1H3,(H,16,17)(H2,12,14,15). The van der Waals surface area contributed by atoms with Crippen LogP contribution in [0.1, 0.15) is 5.69 Å². The number of halogens is 1. The Morgan fingerprint density at radius 2 is 2.53 bits per heavy atom. The van der Waals surface area contributed by atoms with Gasteiger partial charge in [0.1, 0.15) is 4.60 Å². The predicted octanol–water partition coefficient (Wildman–Crippen LogP) is -0.0921. The second kappa shape index (κ2) is 7.65. The van der Waals surface area contributed by atoms with Crippen LogP contribution >= 0.6 is 15.9 Å². The lowest BCUT2D eigenvalue weighted by molar-refractivity contribution is 0.681. The smallest absolute Gasteiger partial charge is 0.204 e. The van der Waals surface area contributed by atoms with Gasteiger partial charge in [0.15, 0.2) is 6.19 Å². The molecule has 4 N–H and O–H groups in total. The Morgan fingerprint density at radius 1 is 1.71 bits per heavy atom. The molecule has 0 amide bonds. The van der Waals surface area contributed by atoms with E-state index in [4.69, 9.17) is 5.26 Å². The van der Waals surface area contributed by atoms with Gasteiger partial charge in [0.25, 0.3) is 0 Å². The van der Waals surface area contributed by atoms with Crippen LogP contribution in [0.5, 0.6) is 0 Å². The molecule has 0 aliphatic heterocycles. The Morgan fingerprint density at radius 3 is 3.12 bits per heavy atom. The molecule has 0 bridgehead atoms. The zero-order valence-electron chi connectivity index (χ0n) is 9.42. The summed E-state index contributed by atoms with van der Waals surface area (Å²) in [5.74, 6) is 0.468. The Labute approximate surface area is 108 Å². The van der Waals surface area contributed by atoms with E-state index >= 15 is 0 Å². The van der Waals surface area contributed by atoms with Crippen molar-refractivity contribution in [1.82, 2.24) is 25.9 Å². The third kappa shape index (κ3) is 4.84. The molecule has 1 aromatic heterocycles. The summed E-state index contributed by atoms with van der Waals surface area (Å²) >= 11 is 3.35. The fourth-order valence-corrected chi connectivity index (χ4v) is 1.46. The molecular formula is C9H14BrN7. The maximum Gasteiger partial charge on any atom is 0.204 e. The molecule has 0 saturated carbocycles. The van der Waals surface area contributed by atoms with E-state index in [-0.39, 0.29) is 0 Å². The summed E-state index contributed by atoms with van der Waals surface area (Å²) in [6.45, 7) is 1.95. The molecule has 1 heterocycles. The first kappa shape index (κ1) is 13.5. The Kier molecular flexibility index (Phi) is 6.06. The number of aromatic amines is 1. The van der Waals surface area contributed by atoms with Gasteiger partial charge in [0, 0.05) is 20.1 Å². The molecule has 1 rings (SSSR count). The van der Waals surface area contributed by atoms with Gasteiger partial charge in [-0.25, -0.2) is 4.98 Å². The summed E-state index contributed by atoms with van der Waals surface area (Å²) in [5.41, 5.74) is 0.929. The fraction of sp³-hybridized carbons (Fsp3) is 0.444. The molecule has 0 aromatic carbocycles. The molecule has 0 radical (unpaired) electrons. The Balaban J connectivity index is 2.20. The van der Waals surface area contributed by atoms with E-state index in [1.807, 2.05) is 0 Å². The summed E-state index contributed by atoms with van der Waals surface area (Å²) in [4.78, 5) is 11.2. The summed E-state index contributed by atoms with van der Waals surface area (Å²) in [6, 6.07) is 0. The molecule has 7 nitrogen and oxygen atoms in total. The third-order valence-corrected chi connectivity index (χ3v) is 2.61. The van der Waals surface area contributed by atoms with E-state index in [9.17, 15) is 0 Å². The molecule has 0 spiro atoms. The highest BCUT2D eigenvalue weighted by atomic mass is 79.9. The number of hydrogen-bond donors (Lipinski definition) is 4. The molecule has 1 aromatic rings. The van der Waals surface area contributed by atoms with Crippen molar-refractivity contribution in [2.75, 3.05) is 20.1 Å². The van der Waals surface area contributed by atoms with E-state index in [1.54, 1.807) is 19.6 Å². The number of hydrogen-bond acceptors (Lipinski definition) is 4. The van der Waals surface area contributed by atoms with Crippen LogP contribution in [0, 0.1) is 11.5 Å². The Hall–Kier alpha value is -1.59. The van der Waals surface area contributed by atoms with Crippen molar-refractivity contribution in [2.45, 2.75) is 6.54 Å². The van der Waals surface area contributed by atoms with Crippen molar-refractivity contribution < 1.29 is 0 Å². The number of nitrogens with zero attached hydrogens (tertiary/aromatic N) is 3. The fourth-order valence-electron chi connectivity index (χ4n) is 1.12. The zero-order chi connectivity index (χ0) is 12.5. The van der Waals surface area contributed by atoms with E-state index in [0.29, 0.717) is 25.6 Å². The molecular weight excluding hydrogens is 286 g/mol. The molecule has 0 fully saturated rings. The lowest BCUT2D eigenvalue weighted by Crippen LogP contribution is -2.32. The minimum atomic E-state index is 0.468. The quantitative estimate of drug-likeness (QED) is 0.200. The van der Waals surface area contributed by atoms with E-state index in [0.717, 1.165) is 10.3 Å². The molecule has 0 saturated heterocycles. The van der Waals surface area contributed by atoms with Gasteiger partial charge in [0.2, 0.25) is 5.96 Å². The topological polar surface area (TPSA) is 101 Å². The predicted molar refractivity (Wildman–Crippen MR) is 68.1 cm³/mol. The van der Waals surface area contributed by atoms with Crippen LogP contribution in [0.2, 0.25) is 0 Å². The first-order chi connectivity index (χ1) is 8.27. The van der Waals surface area contributed by atoms with Crippen LogP contribution in [0.4, 0.5) is 0 Å². The minimum Gasteiger partial charge on any atom is -0.359 e. The van der Waals surface area contributed by atoms with Gasteiger partial charge in [-0.2, -0.15) is 5.26 Å². The summed E-state index contributed by atoms with van der Waals surface area (Å²) in [6.07, 6.45) is 3.44. The van der Waals surface area contributed by atoms with Crippen molar-refractivity contribution in [3.63, 3.8) is 0 Å². The first-order valence-corrected chi connectivity index (χ1v) is 5.83. The maximum absolute atomic E-state index is 8.41.